The summed E-state index contributed by atoms with van der Waals surface area (Å²) in [5.41, 5.74) is 5.58. The molecule has 0 spiro atoms. The predicted molar refractivity (Wildman–Crippen MR) is 98.9 cm³/mol. The molecular formula is C15H28N4O7S. The molecule has 8 N–H and O–H groups in total. The van der Waals surface area contributed by atoms with Crippen molar-refractivity contribution in [3.05, 3.63) is 0 Å². The van der Waals surface area contributed by atoms with Gasteiger partial charge >= 0.3 is 5.97 Å². The highest BCUT2D eigenvalue weighted by Crippen LogP contribution is 2.09. The Kier molecular flexibility index (Phi) is 11.6. The molecule has 0 saturated heterocycles. The van der Waals surface area contributed by atoms with Gasteiger partial charge in [-0.25, -0.2) is 4.79 Å². The molecule has 5 atom stereocenters. The standard InChI is InChI=1S/C15H28N4O7S/c1-3-7(2)11(19-12(22)8(16)6-27)14(24)17-9(4-20)13(23)18-10(5-21)15(25)26/h7-11,20-21,27H,3-6,16H2,1-2H3,(H,17,24)(H,18,23)(H,19,22)(H,25,26). The fourth-order valence-electron chi connectivity index (χ4n) is 1.96. The van der Waals surface area contributed by atoms with Crippen LogP contribution < -0.4 is 21.7 Å². The molecule has 0 aromatic rings. The second-order valence-corrected chi connectivity index (χ2v) is 6.35. The fraction of sp³-hybridized carbons (Fsp3) is 0.733. The number of hydrogen-bond acceptors (Lipinski definition) is 8. The molecule has 156 valence electrons. The van der Waals surface area contributed by atoms with Gasteiger partial charge in [0.15, 0.2) is 0 Å². The first-order valence-electron chi connectivity index (χ1n) is 8.34. The second-order valence-electron chi connectivity index (χ2n) is 5.99. The number of carbonyl (C=O) groups excluding carboxylic acids is 3. The van der Waals surface area contributed by atoms with Crippen LogP contribution in [0.3, 0.4) is 0 Å². The maximum atomic E-state index is 12.5. The minimum atomic E-state index is -1.58. The molecule has 0 rings (SSSR count). The van der Waals surface area contributed by atoms with E-state index in [1.807, 2.05) is 5.32 Å². The molecule has 27 heavy (non-hydrogen) atoms. The summed E-state index contributed by atoms with van der Waals surface area (Å²) >= 11 is 3.92. The zero-order valence-electron chi connectivity index (χ0n) is 15.2. The van der Waals surface area contributed by atoms with E-state index in [0.29, 0.717) is 6.42 Å². The number of carboxylic acid groups (broad SMARTS) is 1. The Morgan fingerprint density at radius 3 is 1.89 bits per heavy atom. The molecular weight excluding hydrogens is 380 g/mol. The average molecular weight is 408 g/mol. The van der Waals surface area contributed by atoms with Crippen molar-refractivity contribution in [2.24, 2.45) is 11.7 Å². The molecule has 3 amide bonds. The van der Waals surface area contributed by atoms with E-state index >= 15 is 0 Å². The number of rotatable bonds is 12. The predicted octanol–water partition coefficient (Wildman–Crippen LogP) is -3.19. The van der Waals surface area contributed by atoms with E-state index in [2.05, 4.69) is 23.3 Å². The Morgan fingerprint density at radius 2 is 1.48 bits per heavy atom. The number of aliphatic hydroxyl groups excluding tert-OH is 2. The van der Waals surface area contributed by atoms with E-state index in [0.717, 1.165) is 0 Å². The molecule has 0 fully saturated rings. The Labute approximate surface area is 162 Å². The summed E-state index contributed by atoms with van der Waals surface area (Å²) in [6.45, 7) is 1.83. The summed E-state index contributed by atoms with van der Waals surface area (Å²) in [5.74, 6) is -4.04. The first kappa shape index (κ1) is 25.1. The van der Waals surface area contributed by atoms with E-state index < -0.39 is 61.1 Å². The largest absolute Gasteiger partial charge is 0.480 e. The molecule has 0 heterocycles. The smallest absolute Gasteiger partial charge is 0.328 e. The maximum absolute atomic E-state index is 12.5. The van der Waals surface area contributed by atoms with Crippen molar-refractivity contribution in [3.63, 3.8) is 0 Å². The third-order valence-electron chi connectivity index (χ3n) is 3.94. The molecule has 11 nitrogen and oxygen atoms in total. The second kappa shape index (κ2) is 12.5. The number of amides is 3. The van der Waals surface area contributed by atoms with Gasteiger partial charge in [0.2, 0.25) is 17.7 Å². The Morgan fingerprint density at radius 1 is 0.963 bits per heavy atom. The molecule has 0 saturated carbocycles. The average Bonchev–Trinajstić information content (AvgIpc) is 2.65. The number of hydrogen-bond donors (Lipinski definition) is 8. The van der Waals surface area contributed by atoms with Crippen LogP contribution in [-0.2, 0) is 19.2 Å². The fourth-order valence-corrected chi connectivity index (χ4v) is 2.12. The van der Waals surface area contributed by atoms with Gasteiger partial charge in [0.05, 0.1) is 19.3 Å². The SMILES string of the molecule is CCC(C)C(NC(=O)C(N)CS)C(=O)NC(CO)C(=O)NC(CO)C(=O)O. The van der Waals surface area contributed by atoms with E-state index in [4.69, 9.17) is 15.9 Å². The lowest BCUT2D eigenvalue weighted by atomic mass is 9.97. The van der Waals surface area contributed by atoms with Crippen molar-refractivity contribution in [1.29, 1.82) is 0 Å². The highest BCUT2D eigenvalue weighted by atomic mass is 32.1. The highest BCUT2D eigenvalue weighted by Gasteiger charge is 2.31. The zero-order chi connectivity index (χ0) is 21.1. The minimum absolute atomic E-state index is 0.0695. The lowest BCUT2D eigenvalue weighted by molar-refractivity contribution is -0.143. The van der Waals surface area contributed by atoms with E-state index in [1.165, 1.54) is 0 Å². The van der Waals surface area contributed by atoms with Crippen molar-refractivity contribution in [2.45, 2.75) is 44.4 Å². The number of carbonyl (C=O) groups is 4. The third kappa shape index (κ3) is 8.12. The lowest BCUT2D eigenvalue weighted by Crippen LogP contribution is -2.59. The molecule has 0 aliphatic rings. The molecule has 0 aromatic heterocycles. The minimum Gasteiger partial charge on any atom is -0.480 e. The summed E-state index contributed by atoms with van der Waals surface area (Å²) in [5, 5.41) is 33.9. The van der Waals surface area contributed by atoms with Crippen LogP contribution in [0.4, 0.5) is 0 Å². The van der Waals surface area contributed by atoms with Gasteiger partial charge < -0.3 is 37.0 Å². The first-order chi connectivity index (χ1) is 12.6. The van der Waals surface area contributed by atoms with Gasteiger partial charge in [-0.1, -0.05) is 20.3 Å². The Balaban J connectivity index is 5.17. The first-order valence-corrected chi connectivity index (χ1v) is 8.98. The van der Waals surface area contributed by atoms with Crippen LogP contribution in [0.15, 0.2) is 0 Å². The molecule has 12 heteroatoms. The summed E-state index contributed by atoms with van der Waals surface area (Å²) in [4.78, 5) is 47.4. The van der Waals surface area contributed by atoms with Gasteiger partial charge in [-0.2, -0.15) is 12.6 Å². The lowest BCUT2D eigenvalue weighted by Gasteiger charge is -2.27. The van der Waals surface area contributed by atoms with Crippen LogP contribution in [0.25, 0.3) is 0 Å². The van der Waals surface area contributed by atoms with Crippen LogP contribution in [0.2, 0.25) is 0 Å². The van der Waals surface area contributed by atoms with Crippen molar-refractivity contribution in [3.8, 4) is 0 Å². The van der Waals surface area contributed by atoms with Gasteiger partial charge in [0.1, 0.15) is 18.1 Å². The van der Waals surface area contributed by atoms with E-state index in [1.54, 1.807) is 13.8 Å². The van der Waals surface area contributed by atoms with Crippen LogP contribution in [0.1, 0.15) is 20.3 Å². The van der Waals surface area contributed by atoms with E-state index in [-0.39, 0.29) is 11.7 Å². The molecule has 0 aromatic carbocycles. The monoisotopic (exact) mass is 408 g/mol. The number of aliphatic hydroxyl groups is 2. The van der Waals surface area contributed by atoms with Gasteiger partial charge in [-0.3, -0.25) is 14.4 Å². The van der Waals surface area contributed by atoms with Crippen LogP contribution >= 0.6 is 12.6 Å². The molecule has 0 aliphatic heterocycles. The molecule has 0 aliphatic carbocycles. The van der Waals surface area contributed by atoms with Gasteiger partial charge in [0, 0.05) is 5.75 Å². The Bertz CT molecular complexity index is 534. The number of nitrogens with two attached hydrogens (primary N) is 1. The quantitative estimate of drug-likeness (QED) is 0.155. The molecule has 0 radical (unpaired) electrons. The van der Waals surface area contributed by atoms with Crippen LogP contribution in [-0.4, -0.2) is 82.1 Å². The number of aliphatic carboxylic acids is 1. The topological polar surface area (TPSA) is 191 Å². The summed E-state index contributed by atoms with van der Waals surface area (Å²) in [6.07, 6.45) is 0.524. The van der Waals surface area contributed by atoms with Gasteiger partial charge in [-0.05, 0) is 5.92 Å². The van der Waals surface area contributed by atoms with Gasteiger partial charge in [0.25, 0.3) is 0 Å². The summed E-state index contributed by atoms with van der Waals surface area (Å²) < 4.78 is 0. The summed E-state index contributed by atoms with van der Waals surface area (Å²) in [6, 6.07) is -5.00. The maximum Gasteiger partial charge on any atom is 0.328 e. The number of carboxylic acids is 1. The third-order valence-corrected chi connectivity index (χ3v) is 4.33. The van der Waals surface area contributed by atoms with Crippen molar-refractivity contribution in [2.75, 3.05) is 19.0 Å². The van der Waals surface area contributed by atoms with Crippen molar-refractivity contribution < 1.29 is 34.5 Å². The number of nitrogens with one attached hydrogen (secondary N) is 3. The zero-order valence-corrected chi connectivity index (χ0v) is 16.1. The Hall–Kier alpha value is -1.89. The molecule has 5 unspecified atom stereocenters. The summed E-state index contributed by atoms with van der Waals surface area (Å²) in [7, 11) is 0. The van der Waals surface area contributed by atoms with Crippen LogP contribution in [0, 0.1) is 5.92 Å². The molecule has 0 bridgehead atoms. The van der Waals surface area contributed by atoms with Crippen LogP contribution in [0.5, 0.6) is 0 Å². The highest BCUT2D eigenvalue weighted by molar-refractivity contribution is 7.80. The van der Waals surface area contributed by atoms with Gasteiger partial charge in [-0.15, -0.1) is 0 Å². The number of thiol groups is 1. The van der Waals surface area contributed by atoms with Crippen molar-refractivity contribution in [1.82, 2.24) is 16.0 Å². The normalized spacial score (nSPS) is 16.4. The van der Waals surface area contributed by atoms with E-state index in [9.17, 15) is 24.3 Å². The van der Waals surface area contributed by atoms with Crippen molar-refractivity contribution >= 4 is 36.3 Å².